The lowest BCUT2D eigenvalue weighted by Crippen LogP contribution is -2.08. The zero-order valence-corrected chi connectivity index (χ0v) is 8.63. The Balaban J connectivity index is 3.41. The summed E-state index contributed by atoms with van der Waals surface area (Å²) in [5, 5.41) is 8.54. The highest BCUT2D eigenvalue weighted by Crippen LogP contribution is 2.26. The quantitative estimate of drug-likeness (QED) is 0.853. The molecule has 0 fully saturated rings. The molecule has 3 nitrogen and oxygen atoms in total. The minimum absolute atomic E-state index is 0.370. The average Bonchev–Trinajstić information content (AvgIpc) is 2.02. The van der Waals surface area contributed by atoms with Crippen LogP contribution in [0.15, 0.2) is 6.20 Å². The lowest BCUT2D eigenvalue weighted by Gasteiger charge is -2.05. The van der Waals surface area contributed by atoms with E-state index >= 15 is 0 Å². The van der Waals surface area contributed by atoms with Crippen molar-refractivity contribution in [1.29, 1.82) is 0 Å². The summed E-state index contributed by atoms with van der Waals surface area (Å²) >= 11 is 1.33. The van der Waals surface area contributed by atoms with E-state index in [0.717, 1.165) is 0 Å². The number of carbonyl (C=O) groups is 1. The Kier molecular flexibility index (Phi) is 3.29. The monoisotopic (exact) mass is 317 g/mol. The second kappa shape index (κ2) is 4.11. The first kappa shape index (κ1) is 11.2. The fourth-order valence-electron chi connectivity index (χ4n) is 0.829. The number of carboxylic acid groups (broad SMARTS) is 1. The molecule has 14 heavy (non-hydrogen) atoms. The Hall–Kier alpha value is -0.860. The van der Waals surface area contributed by atoms with Gasteiger partial charge in [0.1, 0.15) is 11.3 Å². The molecular weight excluding hydrogens is 314 g/mol. The molecule has 7 heteroatoms. The Morgan fingerprint density at radius 3 is 2.57 bits per heavy atom. The van der Waals surface area contributed by atoms with E-state index in [4.69, 9.17) is 5.11 Å². The lowest BCUT2D eigenvalue weighted by atomic mass is 10.2. The van der Waals surface area contributed by atoms with Crippen LogP contribution in [0.25, 0.3) is 0 Å². The van der Waals surface area contributed by atoms with E-state index in [1.54, 1.807) is 0 Å². The Morgan fingerprint density at radius 1 is 1.57 bits per heavy atom. The standard InChI is InChI=1S/C7H3F3INO2/c8-2-1-12-5(6(9)10)4(11)3(2)7(13)14/h1,6H,(H,13,14). The van der Waals surface area contributed by atoms with Crippen molar-refractivity contribution in [1.82, 2.24) is 4.98 Å². The molecule has 0 aromatic carbocycles. The molecule has 1 aromatic rings. The van der Waals surface area contributed by atoms with Crippen molar-refractivity contribution in [2.45, 2.75) is 6.43 Å². The number of hydrogen-bond donors (Lipinski definition) is 1. The van der Waals surface area contributed by atoms with Crippen LogP contribution >= 0.6 is 22.6 Å². The Labute approximate surface area is 90.1 Å². The SMILES string of the molecule is O=C(O)c1c(F)cnc(C(F)F)c1I. The number of aromatic nitrogens is 1. The molecule has 0 spiro atoms. The maximum atomic E-state index is 12.9. The van der Waals surface area contributed by atoms with Gasteiger partial charge < -0.3 is 5.11 Å². The summed E-state index contributed by atoms with van der Waals surface area (Å²) in [6, 6.07) is 0. The van der Waals surface area contributed by atoms with Crippen LogP contribution in [-0.2, 0) is 0 Å². The fraction of sp³-hybridized carbons (Fsp3) is 0.143. The zero-order valence-electron chi connectivity index (χ0n) is 6.47. The number of halogens is 4. The predicted octanol–water partition coefficient (Wildman–Crippen LogP) is 2.46. The van der Waals surface area contributed by atoms with Crippen molar-refractivity contribution < 1.29 is 23.1 Å². The largest absolute Gasteiger partial charge is 0.478 e. The highest BCUT2D eigenvalue weighted by molar-refractivity contribution is 14.1. The first-order valence-corrected chi connectivity index (χ1v) is 4.38. The number of rotatable bonds is 2. The number of alkyl halides is 2. The van der Waals surface area contributed by atoms with E-state index in [0.29, 0.717) is 6.20 Å². The van der Waals surface area contributed by atoms with Crippen molar-refractivity contribution in [2.24, 2.45) is 0 Å². The summed E-state index contributed by atoms with van der Waals surface area (Å²) < 4.78 is 36.9. The molecule has 1 rings (SSSR count). The topological polar surface area (TPSA) is 50.2 Å². The van der Waals surface area contributed by atoms with Crippen LogP contribution < -0.4 is 0 Å². The van der Waals surface area contributed by atoms with Gasteiger partial charge in [-0.05, 0) is 22.6 Å². The first-order chi connectivity index (χ1) is 6.45. The highest BCUT2D eigenvalue weighted by atomic mass is 127. The van der Waals surface area contributed by atoms with Gasteiger partial charge in [-0.3, -0.25) is 4.98 Å². The average molecular weight is 317 g/mol. The summed E-state index contributed by atoms with van der Waals surface area (Å²) in [5.41, 5.74) is -1.49. The van der Waals surface area contributed by atoms with E-state index in [1.807, 2.05) is 0 Å². The Bertz CT molecular complexity index is 383. The van der Waals surface area contributed by atoms with Gasteiger partial charge in [0.25, 0.3) is 6.43 Å². The van der Waals surface area contributed by atoms with Gasteiger partial charge >= 0.3 is 5.97 Å². The van der Waals surface area contributed by atoms with Gasteiger partial charge in [0.2, 0.25) is 0 Å². The molecular formula is C7H3F3INO2. The summed E-state index contributed by atoms with van der Waals surface area (Å²) in [6.45, 7) is 0. The zero-order chi connectivity index (χ0) is 10.9. The molecule has 0 radical (unpaired) electrons. The normalized spacial score (nSPS) is 10.6. The van der Waals surface area contributed by atoms with Gasteiger partial charge in [-0.2, -0.15) is 0 Å². The van der Waals surface area contributed by atoms with Gasteiger partial charge in [-0.1, -0.05) is 0 Å². The molecule has 0 unspecified atom stereocenters. The van der Waals surface area contributed by atoms with Crippen LogP contribution in [0.4, 0.5) is 13.2 Å². The van der Waals surface area contributed by atoms with Crippen LogP contribution in [0.5, 0.6) is 0 Å². The summed E-state index contributed by atoms with van der Waals surface area (Å²) in [4.78, 5) is 13.6. The van der Waals surface area contributed by atoms with Crippen LogP contribution in [-0.4, -0.2) is 16.1 Å². The molecule has 0 aliphatic rings. The molecule has 0 saturated heterocycles. The van der Waals surface area contributed by atoms with Gasteiger partial charge in [0, 0.05) is 0 Å². The first-order valence-electron chi connectivity index (χ1n) is 3.30. The second-order valence-electron chi connectivity index (χ2n) is 2.29. The fourth-order valence-corrected chi connectivity index (χ4v) is 1.69. The highest BCUT2D eigenvalue weighted by Gasteiger charge is 2.23. The lowest BCUT2D eigenvalue weighted by molar-refractivity contribution is 0.0689. The number of carboxylic acids is 1. The maximum Gasteiger partial charge on any atom is 0.339 e. The Morgan fingerprint density at radius 2 is 2.14 bits per heavy atom. The number of hydrogen-bond acceptors (Lipinski definition) is 2. The minimum Gasteiger partial charge on any atom is -0.478 e. The van der Waals surface area contributed by atoms with Crippen LogP contribution in [0.1, 0.15) is 22.5 Å². The van der Waals surface area contributed by atoms with E-state index in [-0.39, 0.29) is 3.57 Å². The smallest absolute Gasteiger partial charge is 0.339 e. The summed E-state index contributed by atoms with van der Waals surface area (Å²) in [6.07, 6.45) is -2.44. The van der Waals surface area contributed by atoms with E-state index < -0.39 is 29.5 Å². The van der Waals surface area contributed by atoms with Crippen molar-refractivity contribution in [3.63, 3.8) is 0 Å². The number of aromatic carboxylic acids is 1. The molecule has 0 aliphatic carbocycles. The number of nitrogens with zero attached hydrogens (tertiary/aromatic N) is 1. The minimum atomic E-state index is -2.92. The van der Waals surface area contributed by atoms with E-state index in [1.165, 1.54) is 22.6 Å². The predicted molar refractivity (Wildman–Crippen MR) is 48.8 cm³/mol. The molecule has 0 atom stereocenters. The van der Waals surface area contributed by atoms with Crippen molar-refractivity contribution in [3.05, 3.63) is 26.8 Å². The van der Waals surface area contributed by atoms with E-state index in [2.05, 4.69) is 4.98 Å². The second-order valence-corrected chi connectivity index (χ2v) is 3.36. The third kappa shape index (κ3) is 1.97. The van der Waals surface area contributed by atoms with E-state index in [9.17, 15) is 18.0 Å². The molecule has 76 valence electrons. The summed E-state index contributed by atoms with van der Waals surface area (Å²) in [5.74, 6) is -2.71. The van der Waals surface area contributed by atoms with Gasteiger partial charge in [0.15, 0.2) is 5.82 Å². The van der Waals surface area contributed by atoms with Gasteiger partial charge in [-0.25, -0.2) is 18.0 Å². The van der Waals surface area contributed by atoms with Crippen LogP contribution in [0.3, 0.4) is 0 Å². The van der Waals surface area contributed by atoms with Crippen LogP contribution in [0.2, 0.25) is 0 Å². The molecule has 1 aromatic heterocycles. The number of pyridine rings is 1. The van der Waals surface area contributed by atoms with Gasteiger partial charge in [-0.15, -0.1) is 0 Å². The van der Waals surface area contributed by atoms with Crippen molar-refractivity contribution in [3.8, 4) is 0 Å². The van der Waals surface area contributed by atoms with Crippen molar-refractivity contribution >= 4 is 28.6 Å². The maximum absolute atomic E-state index is 12.9. The molecule has 0 amide bonds. The van der Waals surface area contributed by atoms with Crippen molar-refractivity contribution in [2.75, 3.05) is 0 Å². The molecule has 0 aliphatic heterocycles. The molecule has 1 N–H and O–H groups in total. The van der Waals surface area contributed by atoms with Gasteiger partial charge in [0.05, 0.1) is 9.77 Å². The summed E-state index contributed by atoms with van der Waals surface area (Å²) in [7, 11) is 0. The molecule has 0 bridgehead atoms. The van der Waals surface area contributed by atoms with Crippen LogP contribution in [0, 0.1) is 9.39 Å². The molecule has 1 heterocycles. The third-order valence-corrected chi connectivity index (χ3v) is 2.51. The third-order valence-electron chi connectivity index (χ3n) is 1.42. The molecule has 0 saturated carbocycles.